The first-order valence-electron chi connectivity index (χ1n) is 9.44. The van der Waals surface area contributed by atoms with Gasteiger partial charge < -0.3 is 20.6 Å². The molecule has 0 saturated carbocycles. The fourth-order valence-electron chi connectivity index (χ4n) is 3.41. The maximum absolute atomic E-state index is 12.7. The molecule has 2 heterocycles. The van der Waals surface area contributed by atoms with Crippen molar-refractivity contribution in [2.75, 3.05) is 38.1 Å². The quantitative estimate of drug-likeness (QED) is 0.482. The monoisotopic (exact) mass is 462 g/mol. The summed E-state index contributed by atoms with van der Waals surface area (Å²) >= 11 is 5.91. The van der Waals surface area contributed by atoms with Gasteiger partial charge in [-0.15, -0.1) is 0 Å². The maximum Gasteiger partial charge on any atom is 0.416 e. The molecule has 0 amide bonds. The number of hydrogen-bond donors (Lipinski definition) is 2. The van der Waals surface area contributed by atoms with Crippen LogP contribution in [0.2, 0.25) is 5.28 Å². The van der Waals surface area contributed by atoms with E-state index < -0.39 is 22.3 Å². The van der Waals surface area contributed by atoms with Gasteiger partial charge in [0, 0.05) is 38.4 Å². The average molecular weight is 463 g/mol. The van der Waals surface area contributed by atoms with Crippen LogP contribution in [-0.4, -0.2) is 67.8 Å². The Morgan fingerprint density at radius 1 is 1.19 bits per heavy atom. The predicted molar refractivity (Wildman–Crippen MR) is 108 cm³/mol. The molecule has 3 rings (SSSR count). The fourth-order valence-corrected chi connectivity index (χ4v) is 3.61. The van der Waals surface area contributed by atoms with Gasteiger partial charge in [-0.3, -0.25) is 9.47 Å². The Kier molecular flexibility index (Phi) is 6.74. The standard InChI is InChI=1S/C18H22ClF3N6O3/c1-17(29,12-26-10-15(28(30)31)23-16(26)19)11-25-6-8-27(9-7-25)24-14-4-2-13(3-5-14)18(20,21)22/h2-5,10,24,29H,6-9,11-12H2,1H3. The molecule has 31 heavy (non-hydrogen) atoms. The van der Waals surface area contributed by atoms with E-state index in [0.29, 0.717) is 38.4 Å². The van der Waals surface area contributed by atoms with Crippen molar-refractivity contribution < 1.29 is 23.2 Å². The van der Waals surface area contributed by atoms with E-state index in [1.165, 1.54) is 22.9 Å². The molecule has 170 valence electrons. The second-order valence-electron chi connectivity index (χ2n) is 7.70. The van der Waals surface area contributed by atoms with Crippen LogP contribution in [0.3, 0.4) is 0 Å². The van der Waals surface area contributed by atoms with Crippen LogP contribution in [0.5, 0.6) is 0 Å². The van der Waals surface area contributed by atoms with Crippen molar-refractivity contribution in [3.05, 3.63) is 51.4 Å². The minimum atomic E-state index is -4.37. The lowest BCUT2D eigenvalue weighted by Gasteiger charge is -2.38. The Hall–Kier alpha value is -2.41. The van der Waals surface area contributed by atoms with Gasteiger partial charge in [0.05, 0.1) is 17.7 Å². The summed E-state index contributed by atoms with van der Waals surface area (Å²) in [6.45, 7) is 4.37. The number of hydrogen-bond acceptors (Lipinski definition) is 7. The molecule has 0 bridgehead atoms. The fraction of sp³-hybridized carbons (Fsp3) is 0.500. The normalized spacial score (nSPS) is 18.0. The van der Waals surface area contributed by atoms with Crippen molar-refractivity contribution in [2.45, 2.75) is 25.2 Å². The van der Waals surface area contributed by atoms with E-state index in [1.807, 2.05) is 9.91 Å². The van der Waals surface area contributed by atoms with Crippen LogP contribution in [0.15, 0.2) is 30.5 Å². The summed E-state index contributed by atoms with van der Waals surface area (Å²) in [7, 11) is 0. The Morgan fingerprint density at radius 2 is 1.81 bits per heavy atom. The number of imidazole rings is 1. The van der Waals surface area contributed by atoms with Crippen molar-refractivity contribution in [1.82, 2.24) is 19.5 Å². The highest BCUT2D eigenvalue weighted by atomic mass is 35.5. The first kappa shape index (κ1) is 23.3. The molecule has 1 aromatic carbocycles. The van der Waals surface area contributed by atoms with Crippen LogP contribution in [-0.2, 0) is 12.7 Å². The van der Waals surface area contributed by atoms with Crippen molar-refractivity contribution >= 4 is 23.1 Å². The van der Waals surface area contributed by atoms with Crippen LogP contribution in [0.1, 0.15) is 12.5 Å². The largest absolute Gasteiger partial charge is 0.416 e. The Labute approximate surface area is 181 Å². The van der Waals surface area contributed by atoms with Gasteiger partial charge in [0.2, 0.25) is 0 Å². The number of halogens is 4. The highest BCUT2D eigenvalue weighted by Gasteiger charge is 2.31. The molecule has 1 aromatic heterocycles. The van der Waals surface area contributed by atoms with Crippen LogP contribution in [0, 0.1) is 10.1 Å². The molecule has 1 unspecified atom stereocenters. The number of rotatable bonds is 7. The van der Waals surface area contributed by atoms with Gasteiger partial charge in [0.1, 0.15) is 6.20 Å². The Balaban J connectivity index is 1.49. The topological polar surface area (TPSA) is 99.7 Å². The lowest BCUT2D eigenvalue weighted by atomic mass is 10.1. The molecule has 1 aliphatic rings. The second kappa shape index (κ2) is 8.99. The molecule has 2 N–H and O–H groups in total. The molecule has 0 radical (unpaired) electrons. The van der Waals surface area contributed by atoms with Gasteiger partial charge in [-0.1, -0.05) is 0 Å². The zero-order valence-electron chi connectivity index (χ0n) is 16.6. The number of nitrogens with zero attached hydrogens (tertiary/aromatic N) is 5. The van der Waals surface area contributed by atoms with Crippen LogP contribution in [0.4, 0.5) is 24.7 Å². The summed E-state index contributed by atoms with van der Waals surface area (Å²) in [5, 5.41) is 23.4. The summed E-state index contributed by atoms with van der Waals surface area (Å²) in [6.07, 6.45) is -3.18. The summed E-state index contributed by atoms with van der Waals surface area (Å²) in [6, 6.07) is 4.82. The number of alkyl halides is 3. The van der Waals surface area contributed by atoms with E-state index in [1.54, 1.807) is 6.92 Å². The number of β-amino-alcohol motifs (C(OH)–C–C–N with tert-alkyl or cyclic N) is 1. The zero-order chi connectivity index (χ0) is 22.8. The molecule has 13 heteroatoms. The van der Waals surface area contributed by atoms with E-state index in [-0.39, 0.29) is 17.6 Å². The molecule has 1 atom stereocenters. The van der Waals surface area contributed by atoms with Crippen molar-refractivity contribution in [2.24, 2.45) is 0 Å². The summed E-state index contributed by atoms with van der Waals surface area (Å²) < 4.78 is 39.3. The number of aromatic nitrogens is 2. The van der Waals surface area contributed by atoms with Gasteiger partial charge in [0.15, 0.2) is 0 Å². The second-order valence-corrected chi connectivity index (χ2v) is 8.04. The molecular formula is C18H22ClF3N6O3. The number of nitrogens with one attached hydrogen (secondary N) is 1. The first-order valence-corrected chi connectivity index (χ1v) is 9.81. The average Bonchev–Trinajstić information content (AvgIpc) is 3.03. The number of hydrazine groups is 1. The van der Waals surface area contributed by atoms with Gasteiger partial charge in [-0.05, 0) is 52.7 Å². The van der Waals surface area contributed by atoms with Crippen LogP contribution >= 0.6 is 11.6 Å². The first-order chi connectivity index (χ1) is 14.4. The van der Waals surface area contributed by atoms with Gasteiger partial charge in [0.25, 0.3) is 0 Å². The zero-order valence-corrected chi connectivity index (χ0v) is 17.4. The maximum atomic E-state index is 12.7. The third-order valence-electron chi connectivity index (χ3n) is 4.85. The van der Waals surface area contributed by atoms with Gasteiger partial charge >= 0.3 is 17.3 Å². The molecule has 0 spiro atoms. The van der Waals surface area contributed by atoms with Crippen molar-refractivity contribution in [3.63, 3.8) is 0 Å². The van der Waals surface area contributed by atoms with Crippen molar-refractivity contribution in [1.29, 1.82) is 0 Å². The Bertz CT molecular complexity index is 911. The van der Waals surface area contributed by atoms with E-state index in [0.717, 1.165) is 12.1 Å². The molecule has 2 aromatic rings. The number of piperazine rings is 1. The molecular weight excluding hydrogens is 441 g/mol. The van der Waals surface area contributed by atoms with E-state index in [9.17, 15) is 28.4 Å². The molecule has 1 aliphatic heterocycles. The minimum absolute atomic E-state index is 0.0384. The third kappa shape index (κ3) is 6.29. The minimum Gasteiger partial charge on any atom is -0.387 e. The van der Waals surface area contributed by atoms with E-state index in [2.05, 4.69) is 10.4 Å². The number of benzene rings is 1. The highest BCUT2D eigenvalue weighted by Crippen LogP contribution is 2.30. The van der Waals surface area contributed by atoms with Crippen molar-refractivity contribution in [3.8, 4) is 0 Å². The predicted octanol–water partition coefficient (Wildman–Crippen LogP) is 2.86. The SMILES string of the molecule is CC(O)(CN1CCN(Nc2ccc(C(F)(F)F)cc2)CC1)Cn1cc([N+](=O)[O-])nc1Cl. The lowest BCUT2D eigenvalue weighted by Crippen LogP contribution is -2.53. The molecule has 1 saturated heterocycles. The van der Waals surface area contributed by atoms with Gasteiger partial charge in [-0.25, -0.2) is 5.01 Å². The molecule has 9 nitrogen and oxygen atoms in total. The number of aliphatic hydroxyl groups is 1. The summed E-state index contributed by atoms with van der Waals surface area (Å²) in [4.78, 5) is 15.8. The van der Waals surface area contributed by atoms with Crippen LogP contribution < -0.4 is 5.43 Å². The number of nitro groups is 1. The van der Waals surface area contributed by atoms with Crippen LogP contribution in [0.25, 0.3) is 0 Å². The third-order valence-corrected chi connectivity index (χ3v) is 5.15. The van der Waals surface area contributed by atoms with E-state index >= 15 is 0 Å². The number of anilines is 1. The smallest absolute Gasteiger partial charge is 0.387 e. The Morgan fingerprint density at radius 3 is 2.32 bits per heavy atom. The molecule has 1 fully saturated rings. The summed E-state index contributed by atoms with van der Waals surface area (Å²) in [5.74, 6) is -0.385. The molecule has 0 aliphatic carbocycles. The summed E-state index contributed by atoms with van der Waals surface area (Å²) in [5.41, 5.74) is 1.74. The van der Waals surface area contributed by atoms with E-state index in [4.69, 9.17) is 11.6 Å². The lowest BCUT2D eigenvalue weighted by molar-refractivity contribution is -0.389. The highest BCUT2D eigenvalue weighted by molar-refractivity contribution is 6.28. The van der Waals surface area contributed by atoms with Gasteiger partial charge in [-0.2, -0.15) is 13.2 Å².